The van der Waals surface area contributed by atoms with Crippen molar-refractivity contribution in [3.8, 4) is 6.07 Å². The maximum absolute atomic E-state index is 13.0. The van der Waals surface area contributed by atoms with Gasteiger partial charge in [0.25, 0.3) is 0 Å². The first-order valence-corrected chi connectivity index (χ1v) is 8.52. The molecular formula is C20H21F3N2O2. The van der Waals surface area contributed by atoms with Crippen LogP contribution in [0.1, 0.15) is 29.2 Å². The first-order valence-electron chi connectivity index (χ1n) is 8.52. The number of rotatable bonds is 9. The fourth-order valence-corrected chi connectivity index (χ4v) is 2.47. The number of hydrogen-bond acceptors (Lipinski definition) is 4. The van der Waals surface area contributed by atoms with Crippen LogP contribution in [-0.2, 0) is 28.8 Å². The van der Waals surface area contributed by atoms with E-state index in [1.54, 1.807) is 6.07 Å². The SMILES string of the molecule is CCOCCOCc1cccc(CNc2ccc(C#N)c(C(F)(F)F)c2)c1. The Bertz CT molecular complexity index is 786. The lowest BCUT2D eigenvalue weighted by Crippen LogP contribution is -2.09. The van der Waals surface area contributed by atoms with Crippen LogP contribution in [0.3, 0.4) is 0 Å². The van der Waals surface area contributed by atoms with Crippen LogP contribution in [0, 0.1) is 11.3 Å². The van der Waals surface area contributed by atoms with Crippen LogP contribution in [0.15, 0.2) is 42.5 Å². The second-order valence-electron chi connectivity index (χ2n) is 5.79. The molecule has 0 atom stereocenters. The highest BCUT2D eigenvalue weighted by atomic mass is 19.4. The van der Waals surface area contributed by atoms with E-state index in [4.69, 9.17) is 14.7 Å². The van der Waals surface area contributed by atoms with E-state index in [0.717, 1.165) is 17.2 Å². The number of nitriles is 1. The van der Waals surface area contributed by atoms with Crippen molar-refractivity contribution in [2.24, 2.45) is 0 Å². The minimum atomic E-state index is -4.57. The molecule has 0 aromatic heterocycles. The third-order valence-corrected chi connectivity index (χ3v) is 3.78. The molecule has 0 amide bonds. The van der Waals surface area contributed by atoms with Crippen LogP contribution in [0.25, 0.3) is 0 Å². The Morgan fingerprint density at radius 2 is 1.78 bits per heavy atom. The van der Waals surface area contributed by atoms with Gasteiger partial charge in [-0.25, -0.2) is 0 Å². The third kappa shape index (κ3) is 6.59. The van der Waals surface area contributed by atoms with Gasteiger partial charge in [-0.3, -0.25) is 0 Å². The molecule has 7 heteroatoms. The fourth-order valence-electron chi connectivity index (χ4n) is 2.47. The highest BCUT2D eigenvalue weighted by Crippen LogP contribution is 2.33. The third-order valence-electron chi connectivity index (χ3n) is 3.78. The standard InChI is InChI=1S/C20H21F3N2O2/c1-2-26-8-9-27-14-16-5-3-4-15(10-16)13-25-18-7-6-17(12-24)19(11-18)20(21,22)23/h3-7,10-11,25H,2,8-9,13-14H2,1H3. The summed E-state index contributed by atoms with van der Waals surface area (Å²) in [4.78, 5) is 0. The monoisotopic (exact) mass is 378 g/mol. The summed E-state index contributed by atoms with van der Waals surface area (Å²) in [5, 5.41) is 11.8. The molecule has 1 N–H and O–H groups in total. The van der Waals surface area contributed by atoms with Gasteiger partial charge in [-0.2, -0.15) is 18.4 Å². The van der Waals surface area contributed by atoms with Crippen molar-refractivity contribution < 1.29 is 22.6 Å². The minimum absolute atomic E-state index is 0.305. The summed E-state index contributed by atoms with van der Waals surface area (Å²) in [5.41, 5.74) is 0.867. The van der Waals surface area contributed by atoms with Crippen LogP contribution < -0.4 is 5.32 Å². The van der Waals surface area contributed by atoms with Crippen molar-refractivity contribution in [2.75, 3.05) is 25.1 Å². The first-order chi connectivity index (χ1) is 12.9. The van der Waals surface area contributed by atoms with E-state index in [1.165, 1.54) is 12.1 Å². The molecule has 2 aromatic carbocycles. The molecular weight excluding hydrogens is 357 g/mol. The zero-order chi connectivity index (χ0) is 19.7. The van der Waals surface area contributed by atoms with Crippen molar-refractivity contribution in [2.45, 2.75) is 26.3 Å². The average Bonchev–Trinajstić information content (AvgIpc) is 2.65. The molecule has 0 saturated heterocycles. The molecule has 0 heterocycles. The predicted molar refractivity (Wildman–Crippen MR) is 96.1 cm³/mol. The van der Waals surface area contributed by atoms with Crippen molar-refractivity contribution in [3.63, 3.8) is 0 Å². The van der Waals surface area contributed by atoms with Crippen molar-refractivity contribution in [1.29, 1.82) is 5.26 Å². The number of nitrogens with one attached hydrogen (secondary N) is 1. The molecule has 27 heavy (non-hydrogen) atoms. The van der Waals surface area contributed by atoms with E-state index >= 15 is 0 Å². The summed E-state index contributed by atoms with van der Waals surface area (Å²) in [5.74, 6) is 0. The zero-order valence-corrected chi connectivity index (χ0v) is 15.0. The lowest BCUT2D eigenvalue weighted by molar-refractivity contribution is -0.137. The summed E-state index contributed by atoms with van der Waals surface area (Å²) >= 11 is 0. The van der Waals surface area contributed by atoms with Gasteiger partial charge in [-0.05, 0) is 36.2 Å². The van der Waals surface area contributed by atoms with Gasteiger partial charge in [0, 0.05) is 18.8 Å². The zero-order valence-electron chi connectivity index (χ0n) is 15.0. The van der Waals surface area contributed by atoms with E-state index in [2.05, 4.69) is 5.32 Å². The molecule has 144 valence electrons. The Labute approximate surface area is 156 Å². The number of nitrogens with zero attached hydrogens (tertiary/aromatic N) is 1. The lowest BCUT2D eigenvalue weighted by atomic mass is 10.1. The van der Waals surface area contributed by atoms with Crippen LogP contribution >= 0.6 is 0 Å². The Kier molecular flexibility index (Phi) is 7.65. The van der Waals surface area contributed by atoms with Crippen molar-refractivity contribution in [3.05, 3.63) is 64.7 Å². The second kappa shape index (κ2) is 9.95. The molecule has 2 rings (SSSR count). The van der Waals surface area contributed by atoms with Gasteiger partial charge in [0.2, 0.25) is 0 Å². The van der Waals surface area contributed by atoms with E-state index in [1.807, 2.05) is 31.2 Å². The van der Waals surface area contributed by atoms with Gasteiger partial charge in [0.15, 0.2) is 0 Å². The lowest BCUT2D eigenvalue weighted by Gasteiger charge is -2.13. The average molecular weight is 378 g/mol. The topological polar surface area (TPSA) is 54.3 Å². The molecule has 0 saturated carbocycles. The molecule has 2 aromatic rings. The van der Waals surface area contributed by atoms with Crippen molar-refractivity contribution in [1.82, 2.24) is 0 Å². The quantitative estimate of drug-likeness (QED) is 0.640. The first kappa shape index (κ1) is 20.7. The molecule has 0 bridgehead atoms. The summed E-state index contributed by atoms with van der Waals surface area (Å²) in [6.45, 7) is 4.41. The maximum atomic E-state index is 13.0. The van der Waals surface area contributed by atoms with Crippen LogP contribution in [-0.4, -0.2) is 19.8 Å². The minimum Gasteiger partial charge on any atom is -0.381 e. The summed E-state index contributed by atoms with van der Waals surface area (Å²) in [7, 11) is 0. The number of anilines is 1. The summed E-state index contributed by atoms with van der Waals surface area (Å²) < 4.78 is 49.8. The molecule has 0 fully saturated rings. The highest BCUT2D eigenvalue weighted by Gasteiger charge is 2.33. The maximum Gasteiger partial charge on any atom is 0.417 e. The van der Waals surface area contributed by atoms with E-state index in [-0.39, 0.29) is 5.56 Å². The molecule has 0 aliphatic heterocycles. The summed E-state index contributed by atoms with van der Waals surface area (Å²) in [6.07, 6.45) is -4.57. The molecule has 0 unspecified atom stereocenters. The largest absolute Gasteiger partial charge is 0.417 e. The van der Waals surface area contributed by atoms with Gasteiger partial charge in [0.1, 0.15) is 0 Å². The summed E-state index contributed by atoms with van der Waals surface area (Å²) in [6, 6.07) is 12.8. The molecule has 0 aliphatic carbocycles. The highest BCUT2D eigenvalue weighted by molar-refractivity contribution is 5.53. The number of hydrogen-bond donors (Lipinski definition) is 1. The second-order valence-corrected chi connectivity index (χ2v) is 5.79. The van der Waals surface area contributed by atoms with Crippen molar-refractivity contribution >= 4 is 5.69 Å². The van der Waals surface area contributed by atoms with Gasteiger partial charge in [-0.1, -0.05) is 24.3 Å². The molecule has 0 spiro atoms. The molecule has 0 aliphatic rings. The van der Waals surface area contributed by atoms with Gasteiger partial charge < -0.3 is 14.8 Å². The van der Waals surface area contributed by atoms with Crippen LogP contribution in [0.2, 0.25) is 0 Å². The van der Waals surface area contributed by atoms with Crippen LogP contribution in [0.4, 0.5) is 18.9 Å². The molecule has 0 radical (unpaired) electrons. The van der Waals surface area contributed by atoms with Gasteiger partial charge >= 0.3 is 6.18 Å². The van der Waals surface area contributed by atoms with Gasteiger partial charge in [0.05, 0.1) is 37.0 Å². The molecule has 4 nitrogen and oxygen atoms in total. The van der Waals surface area contributed by atoms with E-state index in [0.29, 0.717) is 38.7 Å². The fraction of sp³-hybridized carbons (Fsp3) is 0.350. The number of ether oxygens (including phenoxy) is 2. The van der Waals surface area contributed by atoms with Crippen LogP contribution in [0.5, 0.6) is 0 Å². The normalized spacial score (nSPS) is 11.2. The number of halogens is 3. The number of benzene rings is 2. The Morgan fingerprint density at radius 3 is 2.48 bits per heavy atom. The Balaban J connectivity index is 1.97. The van der Waals surface area contributed by atoms with E-state index in [9.17, 15) is 13.2 Å². The number of alkyl halides is 3. The smallest absolute Gasteiger partial charge is 0.381 e. The Hall–Kier alpha value is -2.56. The Morgan fingerprint density at radius 1 is 1.04 bits per heavy atom. The van der Waals surface area contributed by atoms with E-state index < -0.39 is 11.7 Å². The predicted octanol–water partition coefficient (Wildman–Crippen LogP) is 4.74. The van der Waals surface area contributed by atoms with Gasteiger partial charge in [-0.15, -0.1) is 0 Å².